The summed E-state index contributed by atoms with van der Waals surface area (Å²) in [4.78, 5) is 0. The van der Waals surface area contributed by atoms with Crippen LogP contribution in [0.2, 0.25) is 0 Å². The number of fused-ring (bicyclic) bond motifs is 3. The van der Waals surface area contributed by atoms with Crippen molar-refractivity contribution in [2.45, 2.75) is 6.92 Å². The minimum atomic E-state index is 0.985. The molecule has 0 aliphatic rings. The molecule has 0 atom stereocenters. The fourth-order valence-corrected chi connectivity index (χ4v) is 2.03. The highest BCUT2D eigenvalue weighted by Gasteiger charge is 2.03. The Morgan fingerprint density at radius 2 is 1.79 bits per heavy atom. The van der Waals surface area contributed by atoms with Crippen LogP contribution in [0.5, 0.6) is 0 Å². The van der Waals surface area contributed by atoms with Crippen molar-refractivity contribution >= 4 is 21.5 Å². The van der Waals surface area contributed by atoms with Gasteiger partial charge in [-0.15, -0.1) is 0 Å². The molecular weight excluding hydrogens is 172 g/mol. The van der Waals surface area contributed by atoms with Crippen molar-refractivity contribution in [2.75, 3.05) is 0 Å². The Labute approximate surface area is 82.0 Å². The summed E-state index contributed by atoms with van der Waals surface area (Å²) in [6.45, 7) is 2.01. The molecule has 1 nitrogen and oxygen atoms in total. The Balaban J connectivity index is 2.67. The van der Waals surface area contributed by atoms with Crippen LogP contribution in [-0.4, -0.2) is 0 Å². The van der Waals surface area contributed by atoms with Gasteiger partial charge in [-0.3, -0.25) is 0 Å². The molecule has 0 saturated carbocycles. The van der Waals surface area contributed by atoms with Crippen LogP contribution in [0, 0.1) is 6.92 Å². The zero-order valence-corrected chi connectivity index (χ0v) is 7.95. The number of aryl methyl sites for hydroxylation is 1. The van der Waals surface area contributed by atoms with Gasteiger partial charge in [0.1, 0.15) is 5.76 Å². The van der Waals surface area contributed by atoms with Crippen molar-refractivity contribution in [3.8, 4) is 0 Å². The summed E-state index contributed by atoms with van der Waals surface area (Å²) in [5, 5.41) is 5.04. The zero-order valence-electron chi connectivity index (χ0n) is 7.95. The van der Waals surface area contributed by atoms with E-state index in [1.54, 1.807) is 6.26 Å². The second-order valence-corrected chi connectivity index (χ2v) is 3.54. The van der Waals surface area contributed by atoms with Crippen LogP contribution in [0.1, 0.15) is 5.76 Å². The van der Waals surface area contributed by atoms with Crippen LogP contribution < -0.4 is 0 Å². The van der Waals surface area contributed by atoms with Gasteiger partial charge in [0, 0.05) is 5.39 Å². The highest BCUT2D eigenvalue weighted by atomic mass is 16.3. The third-order valence-electron chi connectivity index (χ3n) is 2.69. The molecular formula is C13H10O. The van der Waals surface area contributed by atoms with Gasteiger partial charge in [-0.25, -0.2) is 0 Å². The lowest BCUT2D eigenvalue weighted by molar-refractivity contribution is 0.525. The molecule has 1 heteroatoms. The lowest BCUT2D eigenvalue weighted by atomic mass is 10.1. The maximum Gasteiger partial charge on any atom is 0.108 e. The van der Waals surface area contributed by atoms with Gasteiger partial charge >= 0.3 is 0 Å². The molecule has 0 fully saturated rings. The molecule has 1 heterocycles. The lowest BCUT2D eigenvalue weighted by Crippen LogP contribution is -1.78. The van der Waals surface area contributed by atoms with Crippen LogP contribution in [0.15, 0.2) is 47.1 Å². The monoisotopic (exact) mass is 182 g/mol. The van der Waals surface area contributed by atoms with E-state index in [4.69, 9.17) is 4.42 Å². The van der Waals surface area contributed by atoms with Crippen LogP contribution in [0.3, 0.4) is 0 Å². The van der Waals surface area contributed by atoms with E-state index in [1.807, 2.05) is 13.0 Å². The van der Waals surface area contributed by atoms with Crippen LogP contribution in [-0.2, 0) is 0 Å². The molecule has 0 unspecified atom stereocenters. The Kier molecular flexibility index (Phi) is 1.42. The second-order valence-electron chi connectivity index (χ2n) is 3.54. The van der Waals surface area contributed by atoms with Crippen molar-refractivity contribution in [3.63, 3.8) is 0 Å². The molecule has 3 rings (SSSR count). The first-order valence-corrected chi connectivity index (χ1v) is 4.72. The summed E-state index contributed by atoms with van der Waals surface area (Å²) in [5.74, 6) is 0.985. The van der Waals surface area contributed by atoms with Crippen molar-refractivity contribution in [1.82, 2.24) is 0 Å². The summed E-state index contributed by atoms with van der Waals surface area (Å²) in [6, 6.07) is 12.6. The summed E-state index contributed by atoms with van der Waals surface area (Å²) >= 11 is 0. The van der Waals surface area contributed by atoms with Crippen molar-refractivity contribution in [3.05, 3.63) is 48.4 Å². The zero-order chi connectivity index (χ0) is 9.54. The van der Waals surface area contributed by atoms with E-state index >= 15 is 0 Å². The van der Waals surface area contributed by atoms with Gasteiger partial charge in [0.2, 0.25) is 0 Å². The van der Waals surface area contributed by atoms with E-state index in [-0.39, 0.29) is 0 Å². The van der Waals surface area contributed by atoms with E-state index in [9.17, 15) is 0 Å². The molecule has 14 heavy (non-hydrogen) atoms. The standard InChI is InChI=1S/C13H10O/c1-9-13-11(7-8-14-9)6-5-10-3-2-4-12(10)13/h2-8H,1H3. The maximum atomic E-state index is 5.42. The van der Waals surface area contributed by atoms with Gasteiger partial charge in [0.05, 0.1) is 6.26 Å². The van der Waals surface area contributed by atoms with Crippen LogP contribution in [0.4, 0.5) is 0 Å². The third kappa shape index (κ3) is 0.896. The first-order valence-electron chi connectivity index (χ1n) is 4.72. The van der Waals surface area contributed by atoms with E-state index in [2.05, 4.69) is 30.3 Å². The molecule has 0 radical (unpaired) electrons. The normalized spacial score (nSPS) is 11.2. The molecule has 0 N–H and O–H groups in total. The molecule has 3 aromatic rings. The predicted molar refractivity (Wildman–Crippen MR) is 58.5 cm³/mol. The third-order valence-corrected chi connectivity index (χ3v) is 2.69. The SMILES string of the molecule is Cc1occc2ccc3cccc3c12. The molecule has 0 amide bonds. The minimum absolute atomic E-state index is 0.985. The van der Waals surface area contributed by atoms with Crippen LogP contribution >= 0.6 is 0 Å². The van der Waals surface area contributed by atoms with Gasteiger partial charge < -0.3 is 4.42 Å². The van der Waals surface area contributed by atoms with Crippen molar-refractivity contribution in [2.24, 2.45) is 0 Å². The number of rotatable bonds is 0. The van der Waals surface area contributed by atoms with Crippen molar-refractivity contribution in [1.29, 1.82) is 0 Å². The highest BCUT2D eigenvalue weighted by Crippen LogP contribution is 2.28. The quantitative estimate of drug-likeness (QED) is 0.514. The van der Waals surface area contributed by atoms with E-state index in [0.717, 1.165) is 5.76 Å². The summed E-state index contributed by atoms with van der Waals surface area (Å²) in [6.07, 6.45) is 1.74. The first kappa shape index (κ1) is 7.63. The Hall–Kier alpha value is -1.76. The molecule has 0 aliphatic carbocycles. The number of hydrogen-bond acceptors (Lipinski definition) is 1. The Morgan fingerprint density at radius 1 is 0.929 bits per heavy atom. The summed E-state index contributed by atoms with van der Waals surface area (Å²) in [7, 11) is 0. The summed E-state index contributed by atoms with van der Waals surface area (Å²) < 4.78 is 5.42. The molecule has 68 valence electrons. The van der Waals surface area contributed by atoms with Gasteiger partial charge in [0.15, 0.2) is 0 Å². The van der Waals surface area contributed by atoms with Gasteiger partial charge in [-0.2, -0.15) is 0 Å². The summed E-state index contributed by atoms with van der Waals surface area (Å²) in [5.41, 5.74) is 0. The van der Waals surface area contributed by atoms with Crippen LogP contribution in [0.25, 0.3) is 21.5 Å². The van der Waals surface area contributed by atoms with E-state index < -0.39 is 0 Å². The second kappa shape index (κ2) is 2.61. The van der Waals surface area contributed by atoms with Gasteiger partial charge in [0.25, 0.3) is 0 Å². The van der Waals surface area contributed by atoms with E-state index in [0.29, 0.717) is 0 Å². The maximum absolute atomic E-state index is 5.42. The molecule has 1 aromatic heterocycles. The molecule has 0 spiro atoms. The number of benzene rings is 1. The molecule has 0 aliphatic heterocycles. The largest absolute Gasteiger partial charge is 0.469 e. The highest BCUT2D eigenvalue weighted by molar-refractivity contribution is 6.08. The molecule has 0 saturated heterocycles. The fourth-order valence-electron chi connectivity index (χ4n) is 2.03. The molecule has 2 aromatic carbocycles. The Morgan fingerprint density at radius 3 is 2.71 bits per heavy atom. The minimum Gasteiger partial charge on any atom is -0.469 e. The smallest absolute Gasteiger partial charge is 0.108 e. The Bertz CT molecular complexity index is 605. The fraction of sp³-hybridized carbons (Fsp3) is 0.0769. The van der Waals surface area contributed by atoms with Gasteiger partial charge in [-0.1, -0.05) is 30.3 Å². The number of hydrogen-bond donors (Lipinski definition) is 0. The topological polar surface area (TPSA) is 13.1 Å². The first-order chi connectivity index (χ1) is 6.86. The van der Waals surface area contributed by atoms with E-state index in [1.165, 1.54) is 21.5 Å². The average molecular weight is 182 g/mol. The predicted octanol–water partition coefficient (Wildman–Crippen LogP) is 3.89. The van der Waals surface area contributed by atoms with Gasteiger partial charge in [-0.05, 0) is 29.1 Å². The average Bonchev–Trinajstić information content (AvgIpc) is 2.65. The lowest BCUT2D eigenvalue weighted by Gasteiger charge is -2.02. The van der Waals surface area contributed by atoms with Crippen molar-refractivity contribution < 1.29 is 4.42 Å². The molecule has 0 bridgehead atoms.